The van der Waals surface area contributed by atoms with Crippen LogP contribution in [-0.4, -0.2) is 18.3 Å². The quantitative estimate of drug-likeness (QED) is 0.731. The maximum Gasteiger partial charge on any atom is 0.119 e. The zero-order chi connectivity index (χ0) is 13.8. The van der Waals surface area contributed by atoms with Crippen molar-refractivity contribution in [2.45, 2.75) is 62.0 Å². The first-order valence-electron chi connectivity index (χ1n) is 7.75. The zero-order valence-corrected chi connectivity index (χ0v) is 13.5. The fraction of sp³-hybridized carbons (Fsp3) is 0.647. The highest BCUT2D eigenvalue weighted by Gasteiger charge is 2.40. The van der Waals surface area contributed by atoms with Crippen LogP contribution in [0.3, 0.4) is 0 Å². The summed E-state index contributed by atoms with van der Waals surface area (Å²) in [6.45, 7) is 0.688. The van der Waals surface area contributed by atoms with Crippen LogP contribution < -0.4 is 4.74 Å². The molecule has 1 heterocycles. The molecule has 3 heteroatoms. The van der Waals surface area contributed by atoms with Gasteiger partial charge in [0.1, 0.15) is 12.4 Å². The van der Waals surface area contributed by atoms with E-state index in [1.165, 1.54) is 44.1 Å². The number of hydrogen-bond donors (Lipinski definition) is 0. The number of ether oxygens (including phenoxy) is 2. The minimum absolute atomic E-state index is 0.198. The molecule has 2 fully saturated rings. The molecule has 1 aromatic rings. The Bertz CT molecular complexity index is 440. The standard InChI is InChI=1S/C17H23BrO2/c18-12-14-5-4-6-15(11-14)19-13-16-7-10-17(20-16)8-2-1-3-9-17/h4-6,11,16H,1-3,7-10,12-13H2. The molecule has 110 valence electrons. The third kappa shape index (κ3) is 3.37. The highest BCUT2D eigenvalue weighted by Crippen LogP contribution is 2.41. The maximum absolute atomic E-state index is 6.33. The molecule has 1 spiro atoms. The summed E-state index contributed by atoms with van der Waals surface area (Å²) in [6, 6.07) is 8.27. The molecular weight excluding hydrogens is 316 g/mol. The fourth-order valence-electron chi connectivity index (χ4n) is 3.48. The first-order chi connectivity index (χ1) is 9.80. The molecule has 2 aliphatic rings. The van der Waals surface area contributed by atoms with E-state index in [1.54, 1.807) is 0 Å². The van der Waals surface area contributed by atoms with Gasteiger partial charge in [-0.25, -0.2) is 0 Å². The van der Waals surface area contributed by atoms with Crippen molar-refractivity contribution in [3.63, 3.8) is 0 Å². The molecule has 1 aromatic carbocycles. The van der Waals surface area contributed by atoms with Gasteiger partial charge < -0.3 is 9.47 Å². The Morgan fingerprint density at radius 1 is 1.20 bits per heavy atom. The zero-order valence-electron chi connectivity index (χ0n) is 11.9. The van der Waals surface area contributed by atoms with E-state index in [4.69, 9.17) is 9.47 Å². The van der Waals surface area contributed by atoms with Crippen LogP contribution in [0, 0.1) is 0 Å². The van der Waals surface area contributed by atoms with E-state index < -0.39 is 0 Å². The van der Waals surface area contributed by atoms with Gasteiger partial charge in [0.25, 0.3) is 0 Å². The lowest BCUT2D eigenvalue weighted by atomic mass is 9.83. The Morgan fingerprint density at radius 2 is 2.05 bits per heavy atom. The molecule has 2 nitrogen and oxygen atoms in total. The normalized spacial score (nSPS) is 24.9. The lowest BCUT2D eigenvalue weighted by molar-refractivity contribution is -0.0748. The predicted octanol–water partition coefficient (Wildman–Crippen LogP) is 4.84. The van der Waals surface area contributed by atoms with Crippen LogP contribution in [0.4, 0.5) is 0 Å². The van der Waals surface area contributed by atoms with Crippen molar-refractivity contribution in [1.82, 2.24) is 0 Å². The summed E-state index contributed by atoms with van der Waals surface area (Å²) < 4.78 is 12.3. The monoisotopic (exact) mass is 338 g/mol. The molecule has 1 saturated carbocycles. The van der Waals surface area contributed by atoms with Crippen LogP contribution in [-0.2, 0) is 10.1 Å². The molecule has 0 aromatic heterocycles. The molecule has 1 saturated heterocycles. The highest BCUT2D eigenvalue weighted by molar-refractivity contribution is 9.08. The van der Waals surface area contributed by atoms with Crippen molar-refractivity contribution in [3.8, 4) is 5.75 Å². The third-order valence-electron chi connectivity index (χ3n) is 4.59. The lowest BCUT2D eigenvalue weighted by Crippen LogP contribution is -2.32. The van der Waals surface area contributed by atoms with Crippen molar-refractivity contribution >= 4 is 15.9 Å². The highest BCUT2D eigenvalue weighted by atomic mass is 79.9. The summed E-state index contributed by atoms with van der Waals surface area (Å²) >= 11 is 3.48. The molecule has 0 radical (unpaired) electrons. The molecule has 1 atom stereocenters. The van der Waals surface area contributed by atoms with Gasteiger partial charge in [0, 0.05) is 5.33 Å². The van der Waals surface area contributed by atoms with Crippen molar-refractivity contribution < 1.29 is 9.47 Å². The Hall–Kier alpha value is -0.540. The van der Waals surface area contributed by atoms with Crippen LogP contribution in [0.15, 0.2) is 24.3 Å². The average Bonchev–Trinajstić information content (AvgIpc) is 2.89. The molecule has 0 amide bonds. The SMILES string of the molecule is BrCc1cccc(OCC2CCC3(CCCCC3)O2)c1. The summed E-state index contributed by atoms with van der Waals surface area (Å²) in [5, 5.41) is 0.868. The molecule has 3 rings (SSSR count). The second kappa shape index (κ2) is 6.48. The van der Waals surface area contributed by atoms with E-state index >= 15 is 0 Å². The van der Waals surface area contributed by atoms with Gasteiger partial charge in [0.15, 0.2) is 0 Å². The summed E-state index contributed by atoms with van der Waals surface area (Å²) in [5.74, 6) is 0.954. The summed E-state index contributed by atoms with van der Waals surface area (Å²) in [7, 11) is 0. The first-order valence-corrected chi connectivity index (χ1v) is 8.87. The number of benzene rings is 1. The van der Waals surface area contributed by atoms with Gasteiger partial charge in [0.2, 0.25) is 0 Å². The minimum Gasteiger partial charge on any atom is -0.491 e. The average molecular weight is 339 g/mol. The lowest BCUT2D eigenvalue weighted by Gasteiger charge is -2.33. The van der Waals surface area contributed by atoms with E-state index in [1.807, 2.05) is 12.1 Å². The van der Waals surface area contributed by atoms with E-state index in [9.17, 15) is 0 Å². The van der Waals surface area contributed by atoms with Gasteiger partial charge >= 0.3 is 0 Å². The van der Waals surface area contributed by atoms with Gasteiger partial charge in [-0.15, -0.1) is 0 Å². The number of alkyl halides is 1. The van der Waals surface area contributed by atoms with Gasteiger partial charge in [0.05, 0.1) is 11.7 Å². The molecule has 0 N–H and O–H groups in total. The summed E-state index contributed by atoms with van der Waals surface area (Å²) in [5.41, 5.74) is 1.45. The molecular formula is C17H23BrO2. The van der Waals surface area contributed by atoms with Gasteiger partial charge in [-0.2, -0.15) is 0 Å². The molecule has 20 heavy (non-hydrogen) atoms. The number of hydrogen-bond acceptors (Lipinski definition) is 2. The Balaban J connectivity index is 1.51. The summed E-state index contributed by atoms with van der Waals surface area (Å²) in [4.78, 5) is 0. The maximum atomic E-state index is 6.33. The van der Waals surface area contributed by atoms with Crippen LogP contribution in [0.1, 0.15) is 50.5 Å². The van der Waals surface area contributed by atoms with Gasteiger partial charge in [-0.05, 0) is 43.4 Å². The molecule has 1 aliphatic carbocycles. The Kier molecular flexibility index (Phi) is 4.67. The van der Waals surface area contributed by atoms with Crippen molar-refractivity contribution in [1.29, 1.82) is 0 Å². The second-order valence-corrected chi connectivity index (χ2v) is 6.67. The van der Waals surface area contributed by atoms with Crippen molar-refractivity contribution in [2.75, 3.05) is 6.61 Å². The summed E-state index contributed by atoms with van der Waals surface area (Å²) in [6.07, 6.45) is 9.21. The van der Waals surface area contributed by atoms with E-state index in [2.05, 4.69) is 28.1 Å². The van der Waals surface area contributed by atoms with Crippen molar-refractivity contribution in [3.05, 3.63) is 29.8 Å². The predicted molar refractivity (Wildman–Crippen MR) is 84.5 cm³/mol. The molecule has 1 aliphatic heterocycles. The van der Waals surface area contributed by atoms with E-state index in [0.29, 0.717) is 6.61 Å². The fourth-order valence-corrected chi connectivity index (χ4v) is 3.83. The second-order valence-electron chi connectivity index (χ2n) is 6.11. The minimum atomic E-state index is 0.198. The van der Waals surface area contributed by atoms with Crippen LogP contribution >= 0.6 is 15.9 Å². The van der Waals surface area contributed by atoms with E-state index in [0.717, 1.165) is 17.5 Å². The first kappa shape index (κ1) is 14.4. The van der Waals surface area contributed by atoms with Gasteiger partial charge in [-0.3, -0.25) is 0 Å². The number of rotatable bonds is 4. The Labute approximate surface area is 130 Å². The largest absolute Gasteiger partial charge is 0.491 e. The van der Waals surface area contributed by atoms with Gasteiger partial charge in [-0.1, -0.05) is 47.3 Å². The van der Waals surface area contributed by atoms with Crippen LogP contribution in [0.5, 0.6) is 5.75 Å². The van der Waals surface area contributed by atoms with E-state index in [-0.39, 0.29) is 11.7 Å². The molecule has 0 bridgehead atoms. The smallest absolute Gasteiger partial charge is 0.119 e. The number of halogens is 1. The van der Waals surface area contributed by atoms with Crippen LogP contribution in [0.25, 0.3) is 0 Å². The third-order valence-corrected chi connectivity index (χ3v) is 5.24. The molecule has 1 unspecified atom stereocenters. The Morgan fingerprint density at radius 3 is 2.85 bits per heavy atom. The van der Waals surface area contributed by atoms with Crippen molar-refractivity contribution in [2.24, 2.45) is 0 Å². The van der Waals surface area contributed by atoms with Crippen LogP contribution in [0.2, 0.25) is 0 Å². The topological polar surface area (TPSA) is 18.5 Å².